The molecule has 1 atom stereocenters. The SMILES string of the molecule is CC1(CCNC(Cc2cccc3ccccc23)C(N)=O)OCCO1. The number of carbonyl (C=O) groups is 1. The smallest absolute Gasteiger partial charge is 0.234 e. The van der Waals surface area contributed by atoms with Crippen LogP contribution in [0.2, 0.25) is 0 Å². The van der Waals surface area contributed by atoms with Crippen molar-refractivity contribution in [2.75, 3.05) is 19.8 Å². The second-order valence-corrected chi connectivity index (χ2v) is 6.33. The van der Waals surface area contributed by atoms with Gasteiger partial charge in [0.15, 0.2) is 5.79 Å². The molecule has 0 radical (unpaired) electrons. The van der Waals surface area contributed by atoms with Crippen molar-refractivity contribution in [1.82, 2.24) is 5.32 Å². The number of nitrogens with one attached hydrogen (secondary N) is 1. The van der Waals surface area contributed by atoms with Gasteiger partial charge in [0, 0.05) is 13.0 Å². The van der Waals surface area contributed by atoms with Crippen molar-refractivity contribution in [1.29, 1.82) is 0 Å². The van der Waals surface area contributed by atoms with Crippen molar-refractivity contribution in [2.24, 2.45) is 5.73 Å². The van der Waals surface area contributed by atoms with Gasteiger partial charge in [-0.1, -0.05) is 42.5 Å². The fraction of sp³-hybridized carbons (Fsp3) is 0.421. The van der Waals surface area contributed by atoms with Crippen LogP contribution in [0.4, 0.5) is 0 Å². The van der Waals surface area contributed by atoms with E-state index in [1.807, 2.05) is 31.2 Å². The highest BCUT2D eigenvalue weighted by Crippen LogP contribution is 2.22. The fourth-order valence-electron chi connectivity index (χ4n) is 3.14. The van der Waals surface area contributed by atoms with E-state index in [4.69, 9.17) is 15.2 Å². The zero-order valence-corrected chi connectivity index (χ0v) is 14.0. The predicted octanol–water partition coefficient (Wildman–Crippen LogP) is 1.98. The van der Waals surface area contributed by atoms with Crippen LogP contribution >= 0.6 is 0 Å². The van der Waals surface area contributed by atoms with Gasteiger partial charge in [0.25, 0.3) is 0 Å². The molecule has 0 bridgehead atoms. The molecule has 1 fully saturated rings. The molecule has 24 heavy (non-hydrogen) atoms. The molecule has 5 heteroatoms. The summed E-state index contributed by atoms with van der Waals surface area (Å²) < 4.78 is 11.2. The van der Waals surface area contributed by atoms with Gasteiger partial charge in [-0.05, 0) is 29.7 Å². The molecule has 2 aromatic carbocycles. The molecule has 3 N–H and O–H groups in total. The third-order valence-corrected chi connectivity index (χ3v) is 4.52. The summed E-state index contributed by atoms with van der Waals surface area (Å²) >= 11 is 0. The highest BCUT2D eigenvalue weighted by Gasteiger charge is 2.30. The van der Waals surface area contributed by atoms with Gasteiger partial charge >= 0.3 is 0 Å². The molecule has 1 amide bonds. The summed E-state index contributed by atoms with van der Waals surface area (Å²) in [5.74, 6) is -0.907. The summed E-state index contributed by atoms with van der Waals surface area (Å²) in [6.45, 7) is 3.76. The quantitative estimate of drug-likeness (QED) is 0.815. The van der Waals surface area contributed by atoms with Gasteiger partial charge in [-0.3, -0.25) is 4.79 Å². The number of hydrogen-bond donors (Lipinski definition) is 2. The number of nitrogens with two attached hydrogens (primary N) is 1. The van der Waals surface area contributed by atoms with E-state index in [0.717, 1.165) is 10.9 Å². The van der Waals surface area contributed by atoms with Gasteiger partial charge in [-0.15, -0.1) is 0 Å². The number of amides is 1. The number of ether oxygens (including phenoxy) is 2. The number of hydrogen-bond acceptors (Lipinski definition) is 4. The lowest BCUT2D eigenvalue weighted by molar-refractivity contribution is -0.146. The molecular formula is C19H24N2O3. The van der Waals surface area contributed by atoms with E-state index in [0.29, 0.717) is 32.6 Å². The Hall–Kier alpha value is -1.95. The normalized spacial score (nSPS) is 17.9. The van der Waals surface area contributed by atoms with Crippen LogP contribution in [-0.2, 0) is 20.7 Å². The lowest BCUT2D eigenvalue weighted by Gasteiger charge is -2.24. The fourth-order valence-corrected chi connectivity index (χ4v) is 3.14. The monoisotopic (exact) mass is 328 g/mol. The second-order valence-electron chi connectivity index (χ2n) is 6.33. The van der Waals surface area contributed by atoms with E-state index in [1.165, 1.54) is 5.39 Å². The van der Waals surface area contributed by atoms with Crippen LogP contribution in [0.1, 0.15) is 18.9 Å². The minimum Gasteiger partial charge on any atom is -0.368 e. The Labute approximate surface area is 142 Å². The van der Waals surface area contributed by atoms with Crippen molar-refractivity contribution in [3.8, 4) is 0 Å². The lowest BCUT2D eigenvalue weighted by atomic mass is 9.98. The van der Waals surface area contributed by atoms with Crippen LogP contribution in [0.25, 0.3) is 10.8 Å². The van der Waals surface area contributed by atoms with Crippen LogP contribution in [0.5, 0.6) is 0 Å². The number of carbonyl (C=O) groups excluding carboxylic acids is 1. The van der Waals surface area contributed by atoms with Crippen molar-refractivity contribution in [3.05, 3.63) is 48.0 Å². The topological polar surface area (TPSA) is 73.6 Å². The average molecular weight is 328 g/mol. The molecule has 3 rings (SSSR count). The van der Waals surface area contributed by atoms with Crippen molar-refractivity contribution in [3.63, 3.8) is 0 Å². The molecular weight excluding hydrogens is 304 g/mol. The Bertz CT molecular complexity index is 705. The number of benzene rings is 2. The van der Waals surface area contributed by atoms with Crippen LogP contribution < -0.4 is 11.1 Å². The first kappa shape index (κ1) is 16.9. The van der Waals surface area contributed by atoms with Crippen molar-refractivity contribution >= 4 is 16.7 Å². The summed E-state index contributed by atoms with van der Waals surface area (Å²) in [6.07, 6.45) is 1.24. The first-order valence-corrected chi connectivity index (χ1v) is 8.35. The molecule has 1 aliphatic rings. The molecule has 0 aromatic heterocycles. The minimum absolute atomic E-state index is 0.346. The zero-order chi connectivity index (χ0) is 17.0. The molecule has 0 aliphatic carbocycles. The maximum absolute atomic E-state index is 11.8. The first-order valence-electron chi connectivity index (χ1n) is 8.35. The number of fused-ring (bicyclic) bond motifs is 1. The molecule has 1 saturated heterocycles. The molecule has 1 unspecified atom stereocenters. The Morgan fingerprint density at radius 2 is 1.92 bits per heavy atom. The first-order chi connectivity index (χ1) is 11.6. The second kappa shape index (κ2) is 7.30. The third kappa shape index (κ3) is 3.93. The summed E-state index contributed by atoms with van der Waals surface area (Å²) in [4.78, 5) is 11.8. The van der Waals surface area contributed by atoms with E-state index in [2.05, 4.69) is 23.5 Å². The van der Waals surface area contributed by atoms with Crippen LogP contribution in [-0.4, -0.2) is 37.5 Å². The molecule has 0 saturated carbocycles. The highest BCUT2D eigenvalue weighted by atomic mass is 16.7. The standard InChI is InChI=1S/C19H24N2O3/c1-19(23-11-12-24-19)9-10-21-17(18(20)22)13-15-7-4-6-14-5-2-3-8-16(14)15/h2-8,17,21H,9-13H2,1H3,(H2,20,22). The van der Waals surface area contributed by atoms with Gasteiger partial charge in [0.2, 0.25) is 5.91 Å². The maximum atomic E-state index is 11.8. The largest absolute Gasteiger partial charge is 0.368 e. The van der Waals surface area contributed by atoms with E-state index < -0.39 is 11.8 Å². The van der Waals surface area contributed by atoms with Crippen molar-refractivity contribution in [2.45, 2.75) is 31.6 Å². The number of primary amides is 1. The molecule has 0 spiro atoms. The van der Waals surface area contributed by atoms with Crippen molar-refractivity contribution < 1.29 is 14.3 Å². The summed E-state index contributed by atoms with van der Waals surface area (Å²) in [6, 6.07) is 13.9. The average Bonchev–Trinajstić information content (AvgIpc) is 3.01. The Kier molecular flexibility index (Phi) is 5.14. The van der Waals surface area contributed by atoms with E-state index >= 15 is 0 Å². The Morgan fingerprint density at radius 1 is 1.21 bits per heavy atom. The zero-order valence-electron chi connectivity index (χ0n) is 14.0. The summed E-state index contributed by atoms with van der Waals surface area (Å²) in [5.41, 5.74) is 6.71. The maximum Gasteiger partial charge on any atom is 0.234 e. The van der Waals surface area contributed by atoms with Gasteiger partial charge in [-0.25, -0.2) is 0 Å². The highest BCUT2D eigenvalue weighted by molar-refractivity contribution is 5.87. The van der Waals surface area contributed by atoms with Gasteiger partial charge in [-0.2, -0.15) is 0 Å². The molecule has 2 aromatic rings. The van der Waals surface area contributed by atoms with Gasteiger partial charge in [0.05, 0.1) is 19.3 Å². The molecule has 1 heterocycles. The number of rotatable bonds is 7. The van der Waals surface area contributed by atoms with E-state index in [9.17, 15) is 4.79 Å². The predicted molar refractivity (Wildman–Crippen MR) is 93.6 cm³/mol. The van der Waals surface area contributed by atoms with E-state index in [-0.39, 0.29) is 5.91 Å². The van der Waals surface area contributed by atoms with Crippen LogP contribution in [0.15, 0.2) is 42.5 Å². The van der Waals surface area contributed by atoms with Crippen LogP contribution in [0, 0.1) is 0 Å². The van der Waals surface area contributed by atoms with E-state index in [1.54, 1.807) is 0 Å². The summed E-state index contributed by atoms with van der Waals surface area (Å²) in [7, 11) is 0. The molecule has 1 aliphatic heterocycles. The molecule has 128 valence electrons. The third-order valence-electron chi connectivity index (χ3n) is 4.52. The van der Waals surface area contributed by atoms with Crippen LogP contribution in [0.3, 0.4) is 0 Å². The Morgan fingerprint density at radius 3 is 2.67 bits per heavy atom. The summed E-state index contributed by atoms with van der Waals surface area (Å²) in [5, 5.41) is 5.57. The molecule has 5 nitrogen and oxygen atoms in total. The Balaban J connectivity index is 1.66. The van der Waals surface area contributed by atoms with Gasteiger partial charge < -0.3 is 20.5 Å². The van der Waals surface area contributed by atoms with Gasteiger partial charge in [0.1, 0.15) is 0 Å². The lowest BCUT2D eigenvalue weighted by Crippen LogP contribution is -2.45. The minimum atomic E-state index is -0.561.